The van der Waals surface area contributed by atoms with E-state index in [1.54, 1.807) is 54.6 Å². The molecule has 212 valence electrons. The second-order valence-corrected chi connectivity index (χ2v) is 10.7. The van der Waals surface area contributed by atoms with E-state index >= 15 is 0 Å². The number of ether oxygens (including phenoxy) is 1. The Morgan fingerprint density at radius 3 is 2.62 bits per heavy atom. The van der Waals surface area contributed by atoms with E-state index in [2.05, 4.69) is 31.4 Å². The smallest absolute Gasteiger partial charge is 0.267 e. The number of anilines is 1. The van der Waals surface area contributed by atoms with Gasteiger partial charge in [-0.05, 0) is 78.5 Å². The molecule has 0 bridgehead atoms. The first-order valence-electron chi connectivity index (χ1n) is 12.4. The molecule has 0 saturated carbocycles. The summed E-state index contributed by atoms with van der Waals surface area (Å²) in [4.78, 5) is 27.6. The van der Waals surface area contributed by atoms with Gasteiger partial charge < -0.3 is 14.5 Å². The summed E-state index contributed by atoms with van der Waals surface area (Å²) >= 11 is 4.52. The van der Waals surface area contributed by atoms with Crippen LogP contribution in [0, 0.1) is 11.6 Å². The van der Waals surface area contributed by atoms with Crippen molar-refractivity contribution in [1.82, 2.24) is 4.90 Å². The number of hydrogen-bond donors (Lipinski definition) is 1. The Kier molecular flexibility index (Phi) is 9.25. The first-order chi connectivity index (χ1) is 20.4. The van der Waals surface area contributed by atoms with Crippen molar-refractivity contribution in [2.24, 2.45) is 10.2 Å². The van der Waals surface area contributed by atoms with Crippen LogP contribution in [0.4, 0.5) is 14.5 Å². The highest BCUT2D eigenvalue weighted by atomic mass is 79.9. The molecule has 42 heavy (non-hydrogen) atoms. The Bertz CT molecular complexity index is 1690. The zero-order valence-electron chi connectivity index (χ0n) is 21.7. The minimum Gasteiger partial charge on any atom is -0.483 e. The lowest BCUT2D eigenvalue weighted by Crippen LogP contribution is -2.28. The number of nitrogens with zero attached hydrogens (tertiary/aromatic N) is 3. The number of halogens is 3. The fourth-order valence-corrected chi connectivity index (χ4v) is 5.08. The van der Waals surface area contributed by atoms with Gasteiger partial charge in [-0.2, -0.15) is 5.10 Å². The predicted molar refractivity (Wildman–Crippen MR) is 161 cm³/mol. The van der Waals surface area contributed by atoms with Crippen molar-refractivity contribution in [3.63, 3.8) is 0 Å². The molecular weight excluding hydrogens is 630 g/mol. The number of amides is 2. The van der Waals surface area contributed by atoms with Crippen molar-refractivity contribution >= 4 is 62.7 Å². The molecule has 4 aromatic rings. The molecular formula is C30H21BrF2N4O4S. The average Bonchev–Trinajstić information content (AvgIpc) is 3.59. The Hall–Kier alpha value is -4.55. The van der Waals surface area contributed by atoms with Crippen LogP contribution in [0.25, 0.3) is 6.08 Å². The van der Waals surface area contributed by atoms with Crippen molar-refractivity contribution in [1.29, 1.82) is 0 Å². The second kappa shape index (κ2) is 13.4. The number of carbonyl (C=O) groups excluding carboxylic acids is 2. The zero-order valence-corrected chi connectivity index (χ0v) is 24.1. The number of hydrogen-bond acceptors (Lipinski definition) is 7. The molecule has 0 spiro atoms. The minimum absolute atomic E-state index is 0.107. The third kappa shape index (κ3) is 7.39. The van der Waals surface area contributed by atoms with E-state index in [-0.39, 0.29) is 29.8 Å². The number of amidine groups is 1. The molecule has 1 aromatic heterocycles. The van der Waals surface area contributed by atoms with Crippen molar-refractivity contribution in [3.8, 4) is 5.75 Å². The van der Waals surface area contributed by atoms with Gasteiger partial charge in [0.25, 0.3) is 11.8 Å². The summed E-state index contributed by atoms with van der Waals surface area (Å²) in [5.74, 6) is -0.761. The number of nitrogens with one attached hydrogen (secondary N) is 1. The van der Waals surface area contributed by atoms with E-state index < -0.39 is 17.5 Å². The van der Waals surface area contributed by atoms with Crippen LogP contribution in [-0.2, 0) is 16.1 Å². The topological polar surface area (TPSA) is 96.5 Å². The molecule has 1 N–H and O–H groups in total. The van der Waals surface area contributed by atoms with Gasteiger partial charge in [-0.1, -0.05) is 34.1 Å². The van der Waals surface area contributed by atoms with Crippen LogP contribution in [0.3, 0.4) is 0 Å². The average molecular weight is 651 g/mol. The van der Waals surface area contributed by atoms with Gasteiger partial charge in [-0.3, -0.25) is 14.5 Å². The van der Waals surface area contributed by atoms with Crippen LogP contribution in [0.2, 0.25) is 0 Å². The van der Waals surface area contributed by atoms with E-state index in [1.165, 1.54) is 47.7 Å². The van der Waals surface area contributed by atoms with Crippen LogP contribution >= 0.6 is 27.7 Å². The third-order valence-corrected chi connectivity index (χ3v) is 7.26. The first kappa shape index (κ1) is 29.0. The highest BCUT2D eigenvalue weighted by molar-refractivity contribution is 9.10. The zero-order chi connectivity index (χ0) is 29.5. The van der Waals surface area contributed by atoms with Crippen molar-refractivity contribution in [2.45, 2.75) is 6.54 Å². The lowest BCUT2D eigenvalue weighted by atomic mass is 10.2. The summed E-state index contributed by atoms with van der Waals surface area (Å²) in [6.45, 7) is -0.214. The molecule has 1 aliphatic rings. The molecule has 1 aliphatic heterocycles. The van der Waals surface area contributed by atoms with Crippen LogP contribution in [0.5, 0.6) is 5.75 Å². The SMILES string of the molecule is O=C(COc1ccc(Br)cc1/C=C1\S/C(=N\N=C\c2ccccc2F)N(Cc2ccco2)C1=O)Nc1ccc(F)cc1. The van der Waals surface area contributed by atoms with E-state index in [0.717, 1.165) is 16.2 Å². The maximum atomic E-state index is 14.0. The summed E-state index contributed by atoms with van der Waals surface area (Å²) in [6.07, 6.45) is 4.41. The lowest BCUT2D eigenvalue weighted by molar-refractivity contribution is -0.122. The van der Waals surface area contributed by atoms with Gasteiger partial charge in [-0.15, -0.1) is 5.10 Å². The Labute approximate surface area is 251 Å². The quantitative estimate of drug-likeness (QED) is 0.121. The van der Waals surface area contributed by atoms with E-state index in [9.17, 15) is 18.4 Å². The molecule has 0 atom stereocenters. The number of rotatable bonds is 9. The Morgan fingerprint density at radius 2 is 1.86 bits per heavy atom. The van der Waals surface area contributed by atoms with Crippen LogP contribution in [0.15, 0.2) is 109 Å². The summed E-state index contributed by atoms with van der Waals surface area (Å²) in [5.41, 5.74) is 1.21. The Morgan fingerprint density at radius 1 is 1.05 bits per heavy atom. The summed E-state index contributed by atoms with van der Waals surface area (Å²) in [7, 11) is 0. The summed E-state index contributed by atoms with van der Waals surface area (Å²) in [6, 6.07) is 20.1. The Balaban J connectivity index is 1.37. The van der Waals surface area contributed by atoms with E-state index in [0.29, 0.717) is 27.7 Å². The molecule has 0 unspecified atom stereocenters. The standard InChI is InChI=1S/C30H21BrF2N4O4S/c31-21-7-12-26(41-18-28(38)35-23-10-8-22(32)9-11-23)20(14-21)15-27-29(39)37(17-24-5-3-13-40-24)30(42-27)36-34-16-19-4-1-2-6-25(19)33/h1-16H,17-18H2,(H,35,38)/b27-15-,34-16+,36-30-. The summed E-state index contributed by atoms with van der Waals surface area (Å²) in [5, 5.41) is 11.1. The van der Waals surface area contributed by atoms with Crippen LogP contribution in [-0.4, -0.2) is 34.7 Å². The van der Waals surface area contributed by atoms with Crippen LogP contribution < -0.4 is 10.1 Å². The molecule has 3 aromatic carbocycles. The molecule has 1 fully saturated rings. The number of carbonyl (C=O) groups is 2. The van der Waals surface area contributed by atoms with E-state index in [4.69, 9.17) is 9.15 Å². The third-order valence-electron chi connectivity index (χ3n) is 5.77. The molecule has 5 rings (SSSR count). The largest absolute Gasteiger partial charge is 0.483 e. The predicted octanol–water partition coefficient (Wildman–Crippen LogP) is 6.84. The maximum Gasteiger partial charge on any atom is 0.267 e. The fourth-order valence-electron chi connectivity index (χ4n) is 3.78. The van der Waals surface area contributed by atoms with Gasteiger partial charge in [0, 0.05) is 21.3 Å². The number of thioether (sulfide) groups is 1. The van der Waals surface area contributed by atoms with Gasteiger partial charge in [-0.25, -0.2) is 8.78 Å². The lowest BCUT2D eigenvalue weighted by Gasteiger charge is -2.13. The second-order valence-electron chi connectivity index (χ2n) is 8.76. The van der Waals surface area contributed by atoms with Crippen molar-refractivity contribution in [3.05, 3.63) is 123 Å². The molecule has 8 nitrogen and oxygen atoms in total. The van der Waals surface area contributed by atoms with Crippen molar-refractivity contribution < 1.29 is 27.5 Å². The van der Waals surface area contributed by atoms with Crippen LogP contribution in [0.1, 0.15) is 16.9 Å². The number of furan rings is 1. The fraction of sp³-hybridized carbons (Fsp3) is 0.0667. The highest BCUT2D eigenvalue weighted by Crippen LogP contribution is 2.36. The van der Waals surface area contributed by atoms with Gasteiger partial charge in [0.15, 0.2) is 11.8 Å². The molecule has 2 amide bonds. The van der Waals surface area contributed by atoms with Gasteiger partial charge in [0.1, 0.15) is 23.1 Å². The minimum atomic E-state index is -0.446. The molecule has 0 radical (unpaired) electrons. The molecule has 12 heteroatoms. The molecule has 0 aliphatic carbocycles. The van der Waals surface area contributed by atoms with Gasteiger partial charge >= 0.3 is 0 Å². The van der Waals surface area contributed by atoms with Crippen molar-refractivity contribution in [2.75, 3.05) is 11.9 Å². The summed E-state index contributed by atoms with van der Waals surface area (Å²) < 4.78 is 39.1. The molecule has 1 saturated heterocycles. The van der Waals surface area contributed by atoms with Gasteiger partial charge in [0.05, 0.1) is 23.9 Å². The maximum absolute atomic E-state index is 14.0. The molecule has 2 heterocycles. The normalized spacial score (nSPS) is 15.2. The van der Waals surface area contributed by atoms with Gasteiger partial charge in [0.2, 0.25) is 0 Å². The number of benzene rings is 3. The highest BCUT2D eigenvalue weighted by Gasteiger charge is 2.34. The van der Waals surface area contributed by atoms with E-state index in [1.807, 2.05) is 0 Å². The first-order valence-corrected chi connectivity index (χ1v) is 14.0. The monoisotopic (exact) mass is 650 g/mol.